The van der Waals surface area contributed by atoms with Crippen LogP contribution in [0.15, 0.2) is 106 Å². The zero-order valence-electron chi connectivity index (χ0n) is 23.0. The van der Waals surface area contributed by atoms with Gasteiger partial charge in [0.2, 0.25) is 5.91 Å². The summed E-state index contributed by atoms with van der Waals surface area (Å²) in [6, 6.07) is 24.7. The normalized spacial score (nSPS) is 11.9. The smallest absolute Gasteiger partial charge is 0.272 e. The highest BCUT2D eigenvalue weighted by Gasteiger charge is 2.19. The summed E-state index contributed by atoms with van der Waals surface area (Å²) in [5.41, 5.74) is 2.42. The number of thiophene rings is 1. The molecule has 0 radical (unpaired) electrons. The average molecular weight is 680 g/mol. The SMILES string of the molecule is CC(Sc1cccc(NC(=O)/C(=C/c2cccs2)NC(=O)c2ccccc2)c1)C(=O)Nc1nc(-c2ccc(Cl)cc2Cl)cs1. The largest absolute Gasteiger partial charge is 0.321 e. The number of nitrogens with one attached hydrogen (secondary N) is 3. The molecule has 5 aromatic rings. The second kappa shape index (κ2) is 14.7. The van der Waals surface area contributed by atoms with Crippen molar-refractivity contribution in [3.05, 3.63) is 122 Å². The van der Waals surface area contributed by atoms with E-state index >= 15 is 0 Å². The van der Waals surface area contributed by atoms with Crippen molar-refractivity contribution in [3.8, 4) is 11.3 Å². The summed E-state index contributed by atoms with van der Waals surface area (Å²) in [6.07, 6.45) is 1.64. The number of carbonyl (C=O) groups excluding carboxylic acids is 3. The zero-order valence-corrected chi connectivity index (χ0v) is 27.0. The molecule has 2 aromatic heterocycles. The number of nitrogens with zero attached hydrogens (tertiary/aromatic N) is 1. The maximum Gasteiger partial charge on any atom is 0.272 e. The molecule has 0 aliphatic heterocycles. The first kappa shape index (κ1) is 31.5. The van der Waals surface area contributed by atoms with E-state index in [1.54, 1.807) is 73.7 Å². The van der Waals surface area contributed by atoms with Crippen molar-refractivity contribution in [2.75, 3.05) is 10.6 Å². The Kier molecular flexibility index (Phi) is 10.5. The lowest BCUT2D eigenvalue weighted by Gasteiger charge is -2.13. The van der Waals surface area contributed by atoms with E-state index in [2.05, 4.69) is 20.9 Å². The van der Waals surface area contributed by atoms with Crippen molar-refractivity contribution < 1.29 is 14.4 Å². The van der Waals surface area contributed by atoms with Crippen LogP contribution in [0.4, 0.5) is 10.8 Å². The third-order valence-corrected chi connectivity index (χ3v) is 9.29. The molecule has 0 saturated heterocycles. The van der Waals surface area contributed by atoms with E-state index in [0.29, 0.717) is 32.1 Å². The van der Waals surface area contributed by atoms with E-state index in [9.17, 15) is 14.4 Å². The highest BCUT2D eigenvalue weighted by molar-refractivity contribution is 8.00. The summed E-state index contributed by atoms with van der Waals surface area (Å²) >= 11 is 16.4. The molecule has 3 aromatic carbocycles. The fourth-order valence-electron chi connectivity index (χ4n) is 3.92. The Labute approximate surface area is 276 Å². The van der Waals surface area contributed by atoms with Crippen LogP contribution < -0.4 is 16.0 Å². The van der Waals surface area contributed by atoms with Gasteiger partial charge in [-0.2, -0.15) is 0 Å². The van der Waals surface area contributed by atoms with Gasteiger partial charge in [0.15, 0.2) is 5.13 Å². The quantitative estimate of drug-likeness (QED) is 0.101. The molecule has 1 unspecified atom stereocenters. The summed E-state index contributed by atoms with van der Waals surface area (Å²) in [6.45, 7) is 1.79. The second-order valence-corrected chi connectivity index (χ2v) is 13.4. The number of thiazole rings is 1. The van der Waals surface area contributed by atoms with Crippen LogP contribution in [0.25, 0.3) is 17.3 Å². The number of hydrogen-bond donors (Lipinski definition) is 3. The molecule has 0 bridgehead atoms. The molecule has 0 aliphatic carbocycles. The van der Waals surface area contributed by atoms with E-state index in [1.165, 1.54) is 34.4 Å². The van der Waals surface area contributed by atoms with Crippen LogP contribution in [-0.2, 0) is 9.59 Å². The Morgan fingerprint density at radius 1 is 0.909 bits per heavy atom. The fraction of sp³-hybridized carbons (Fsp3) is 0.0625. The number of hydrogen-bond acceptors (Lipinski definition) is 7. The lowest BCUT2D eigenvalue weighted by molar-refractivity contribution is -0.115. The molecule has 2 heterocycles. The monoisotopic (exact) mass is 678 g/mol. The van der Waals surface area contributed by atoms with Crippen molar-refractivity contribution >= 4 is 92.3 Å². The minimum Gasteiger partial charge on any atom is -0.321 e. The number of thioether (sulfide) groups is 1. The average Bonchev–Trinajstić information content (AvgIpc) is 3.70. The van der Waals surface area contributed by atoms with E-state index in [0.717, 1.165) is 15.3 Å². The molecule has 3 amide bonds. The van der Waals surface area contributed by atoms with Gasteiger partial charge in [-0.3, -0.25) is 14.4 Å². The third-order valence-electron chi connectivity index (χ3n) is 6.07. The molecule has 7 nitrogen and oxygen atoms in total. The first-order valence-electron chi connectivity index (χ1n) is 13.2. The number of benzene rings is 3. The Bertz CT molecular complexity index is 1830. The number of carbonyl (C=O) groups is 3. The molecule has 5 rings (SSSR count). The first-order chi connectivity index (χ1) is 21.2. The topological polar surface area (TPSA) is 100 Å². The van der Waals surface area contributed by atoms with Gasteiger partial charge in [-0.1, -0.05) is 53.5 Å². The molecule has 0 aliphatic rings. The molecule has 1 atom stereocenters. The van der Waals surface area contributed by atoms with Gasteiger partial charge in [-0.15, -0.1) is 34.4 Å². The number of amides is 3. The standard InChI is InChI=1S/C32H24Cl2N4O3S3/c1-19(29(39)38-32-37-28(18-43-32)25-13-12-21(33)15-26(25)34)44-24-10-5-9-22(16-24)35-31(41)27(17-23-11-6-14-42-23)36-30(40)20-7-3-2-4-8-20/h2-19H,1H3,(H,35,41)(H,36,40)(H,37,38,39)/b27-17-. The van der Waals surface area contributed by atoms with Gasteiger partial charge >= 0.3 is 0 Å². The van der Waals surface area contributed by atoms with Crippen LogP contribution in [0.2, 0.25) is 10.0 Å². The van der Waals surface area contributed by atoms with Crippen LogP contribution in [0.5, 0.6) is 0 Å². The number of halogens is 2. The summed E-state index contributed by atoms with van der Waals surface area (Å²) < 4.78 is 0. The maximum atomic E-state index is 13.3. The maximum absolute atomic E-state index is 13.3. The van der Waals surface area contributed by atoms with Crippen molar-refractivity contribution in [2.45, 2.75) is 17.1 Å². The number of aromatic nitrogens is 1. The molecule has 0 saturated carbocycles. The Morgan fingerprint density at radius 2 is 1.73 bits per heavy atom. The van der Waals surface area contributed by atoms with Gasteiger partial charge in [0.05, 0.1) is 16.0 Å². The van der Waals surface area contributed by atoms with E-state index in [4.69, 9.17) is 23.2 Å². The van der Waals surface area contributed by atoms with Gasteiger partial charge in [-0.25, -0.2) is 4.98 Å². The fourth-order valence-corrected chi connectivity index (χ4v) is 6.72. The summed E-state index contributed by atoms with van der Waals surface area (Å²) in [5.74, 6) is -1.09. The Morgan fingerprint density at radius 3 is 2.48 bits per heavy atom. The van der Waals surface area contributed by atoms with Crippen LogP contribution in [0, 0.1) is 0 Å². The summed E-state index contributed by atoms with van der Waals surface area (Å²) in [5, 5.41) is 13.2. The van der Waals surface area contributed by atoms with Gasteiger partial charge in [0.1, 0.15) is 5.70 Å². The zero-order chi connectivity index (χ0) is 31.1. The van der Waals surface area contributed by atoms with E-state index in [1.807, 2.05) is 35.0 Å². The van der Waals surface area contributed by atoms with Crippen molar-refractivity contribution in [2.24, 2.45) is 0 Å². The van der Waals surface area contributed by atoms with Crippen LogP contribution in [-0.4, -0.2) is 28.0 Å². The van der Waals surface area contributed by atoms with Gasteiger partial charge in [-0.05, 0) is 73.0 Å². The first-order valence-corrected chi connectivity index (χ1v) is 16.6. The minimum atomic E-state index is -0.476. The molecule has 12 heteroatoms. The highest BCUT2D eigenvalue weighted by Crippen LogP contribution is 2.33. The van der Waals surface area contributed by atoms with Crippen LogP contribution in [0.1, 0.15) is 22.2 Å². The predicted octanol–water partition coefficient (Wildman–Crippen LogP) is 8.71. The number of rotatable bonds is 10. The Balaban J connectivity index is 1.23. The third kappa shape index (κ3) is 8.37. The van der Waals surface area contributed by atoms with Gasteiger partial charge in [0, 0.05) is 37.0 Å². The molecule has 3 N–H and O–H groups in total. The van der Waals surface area contributed by atoms with Crippen molar-refractivity contribution in [1.82, 2.24) is 10.3 Å². The molecule has 0 spiro atoms. The van der Waals surface area contributed by atoms with Crippen molar-refractivity contribution in [1.29, 1.82) is 0 Å². The van der Waals surface area contributed by atoms with Gasteiger partial charge in [0.25, 0.3) is 11.8 Å². The van der Waals surface area contributed by atoms with E-state index in [-0.39, 0.29) is 11.6 Å². The van der Waals surface area contributed by atoms with Crippen LogP contribution in [0.3, 0.4) is 0 Å². The lowest BCUT2D eigenvalue weighted by atomic mass is 10.2. The summed E-state index contributed by atoms with van der Waals surface area (Å²) in [4.78, 5) is 45.2. The predicted molar refractivity (Wildman–Crippen MR) is 183 cm³/mol. The van der Waals surface area contributed by atoms with E-state index < -0.39 is 17.1 Å². The summed E-state index contributed by atoms with van der Waals surface area (Å²) in [7, 11) is 0. The Hall–Kier alpha value is -3.93. The lowest BCUT2D eigenvalue weighted by Crippen LogP contribution is -2.30. The number of anilines is 2. The highest BCUT2D eigenvalue weighted by atomic mass is 35.5. The van der Waals surface area contributed by atoms with Crippen LogP contribution >= 0.6 is 57.6 Å². The van der Waals surface area contributed by atoms with Gasteiger partial charge < -0.3 is 16.0 Å². The van der Waals surface area contributed by atoms with Crippen molar-refractivity contribution in [3.63, 3.8) is 0 Å². The molecule has 0 fully saturated rings. The molecular formula is C32H24Cl2N4O3S3. The molecule has 222 valence electrons. The molecule has 44 heavy (non-hydrogen) atoms. The molecular weight excluding hydrogens is 655 g/mol. The second-order valence-electron chi connectivity index (χ2n) is 9.29. The minimum absolute atomic E-state index is 0.106.